The number of hydrogen-bond donors (Lipinski definition) is 0. The molecule has 1 aromatic carbocycles. The van der Waals surface area contributed by atoms with E-state index in [9.17, 15) is 13.2 Å². The first-order valence-corrected chi connectivity index (χ1v) is 8.33. The summed E-state index contributed by atoms with van der Waals surface area (Å²) < 4.78 is 50.5. The molecule has 0 aliphatic carbocycles. The van der Waals surface area contributed by atoms with Gasteiger partial charge in [0, 0.05) is 12.7 Å². The third-order valence-electron chi connectivity index (χ3n) is 3.87. The third-order valence-corrected chi connectivity index (χ3v) is 3.87. The molecular weight excluding hydrogens is 347 g/mol. The van der Waals surface area contributed by atoms with Crippen molar-refractivity contribution in [2.45, 2.75) is 39.5 Å². The zero-order valence-electron chi connectivity index (χ0n) is 15.2. The van der Waals surface area contributed by atoms with E-state index in [1.807, 2.05) is 13.8 Å². The van der Waals surface area contributed by atoms with Crippen LogP contribution in [0.2, 0.25) is 0 Å². The average molecular weight is 369 g/mol. The summed E-state index contributed by atoms with van der Waals surface area (Å²) >= 11 is 0. The lowest BCUT2D eigenvalue weighted by Gasteiger charge is -2.24. The number of benzene rings is 1. The Kier molecular flexibility index (Phi) is 6.28. The number of aromatic nitrogens is 2. The number of alkyl halides is 3. The molecule has 0 saturated carbocycles. The highest BCUT2D eigenvalue weighted by Gasteiger charge is 2.37. The zero-order chi connectivity index (χ0) is 19.3. The van der Waals surface area contributed by atoms with Gasteiger partial charge in [0.1, 0.15) is 11.3 Å². The van der Waals surface area contributed by atoms with Crippen molar-refractivity contribution in [3.8, 4) is 11.6 Å². The summed E-state index contributed by atoms with van der Waals surface area (Å²) in [6, 6.07) is 7.17. The molecule has 0 amide bonds. The maximum Gasteiger partial charge on any atom is 0.423 e. The predicted octanol–water partition coefficient (Wildman–Crippen LogP) is 4.84. The fraction of sp³-hybridized carbons (Fsp3) is 0.444. The van der Waals surface area contributed by atoms with Gasteiger partial charge in [-0.3, -0.25) is 0 Å². The molecule has 0 bridgehead atoms. The van der Waals surface area contributed by atoms with Crippen LogP contribution in [0.25, 0.3) is 0 Å². The number of nitrogens with zero attached hydrogens (tertiary/aromatic N) is 3. The number of methoxy groups -OCH3 is 1. The van der Waals surface area contributed by atoms with E-state index in [-0.39, 0.29) is 5.95 Å². The fourth-order valence-electron chi connectivity index (χ4n) is 2.32. The van der Waals surface area contributed by atoms with Gasteiger partial charge < -0.3 is 14.4 Å². The molecule has 0 N–H and O–H groups in total. The smallest absolute Gasteiger partial charge is 0.423 e. The number of hydrogen-bond acceptors (Lipinski definition) is 5. The predicted molar refractivity (Wildman–Crippen MR) is 93.1 cm³/mol. The van der Waals surface area contributed by atoms with E-state index < -0.39 is 23.7 Å². The monoisotopic (exact) mass is 369 g/mol. The van der Waals surface area contributed by atoms with Gasteiger partial charge in [0.2, 0.25) is 11.8 Å². The Morgan fingerprint density at radius 3 is 2.46 bits per heavy atom. The molecule has 142 valence electrons. The van der Waals surface area contributed by atoms with Crippen molar-refractivity contribution in [2.75, 3.05) is 18.6 Å². The Morgan fingerprint density at radius 2 is 1.88 bits per heavy atom. The number of halogens is 3. The summed E-state index contributed by atoms with van der Waals surface area (Å²) in [6.07, 6.45) is -3.68. The van der Waals surface area contributed by atoms with E-state index in [0.29, 0.717) is 24.4 Å². The second kappa shape index (κ2) is 8.25. The van der Waals surface area contributed by atoms with Gasteiger partial charge in [-0.15, -0.1) is 0 Å². The van der Waals surface area contributed by atoms with Crippen LogP contribution in [0.1, 0.15) is 32.8 Å². The molecule has 2 aromatic rings. The molecule has 0 aliphatic rings. The van der Waals surface area contributed by atoms with E-state index in [1.54, 1.807) is 36.1 Å². The summed E-state index contributed by atoms with van der Waals surface area (Å²) in [5.74, 6) is 0.218. The van der Waals surface area contributed by atoms with Crippen LogP contribution in [0.3, 0.4) is 0 Å². The number of rotatable bonds is 7. The van der Waals surface area contributed by atoms with Crippen LogP contribution in [0.4, 0.5) is 24.8 Å². The molecule has 0 radical (unpaired) electrons. The topological polar surface area (TPSA) is 47.5 Å². The van der Waals surface area contributed by atoms with E-state index in [0.717, 1.165) is 6.20 Å². The summed E-state index contributed by atoms with van der Waals surface area (Å²) in [7, 11) is 1.53. The van der Waals surface area contributed by atoms with Gasteiger partial charge in [-0.1, -0.05) is 19.1 Å². The standard InChI is InChI=1S/C18H22F3N3O2/c1-5-12(3)26-16-13(18(19,20)21)11-22-17(23-16)24(6-2)14-9-7-8-10-15(14)25-4/h7-12H,5-6H2,1-4H3. The highest BCUT2D eigenvalue weighted by atomic mass is 19.4. The molecule has 1 atom stereocenters. The van der Waals surface area contributed by atoms with Gasteiger partial charge in [0.25, 0.3) is 0 Å². The second-order valence-corrected chi connectivity index (χ2v) is 5.64. The maximum absolute atomic E-state index is 13.3. The number of para-hydroxylation sites is 2. The van der Waals surface area contributed by atoms with Crippen molar-refractivity contribution in [3.63, 3.8) is 0 Å². The van der Waals surface area contributed by atoms with Gasteiger partial charge in [-0.2, -0.15) is 18.2 Å². The van der Waals surface area contributed by atoms with Crippen LogP contribution >= 0.6 is 0 Å². The van der Waals surface area contributed by atoms with Gasteiger partial charge >= 0.3 is 6.18 Å². The van der Waals surface area contributed by atoms with Gasteiger partial charge in [0.05, 0.1) is 18.9 Å². The van der Waals surface area contributed by atoms with Crippen LogP contribution in [0.5, 0.6) is 11.6 Å². The number of anilines is 2. The zero-order valence-corrected chi connectivity index (χ0v) is 15.2. The SMILES string of the molecule is CCC(C)Oc1nc(N(CC)c2ccccc2OC)ncc1C(F)(F)F. The van der Waals surface area contributed by atoms with Crippen molar-refractivity contribution < 1.29 is 22.6 Å². The first-order chi connectivity index (χ1) is 12.3. The van der Waals surface area contributed by atoms with Gasteiger partial charge in [0.15, 0.2) is 0 Å². The van der Waals surface area contributed by atoms with Crippen molar-refractivity contribution >= 4 is 11.6 Å². The summed E-state index contributed by atoms with van der Waals surface area (Å²) in [5.41, 5.74) is -0.329. The quantitative estimate of drug-likeness (QED) is 0.699. The largest absolute Gasteiger partial charge is 0.495 e. The molecule has 1 heterocycles. The molecule has 0 aliphatic heterocycles. The first kappa shape index (κ1) is 19.8. The van der Waals surface area contributed by atoms with Gasteiger partial charge in [-0.25, -0.2) is 4.98 Å². The maximum atomic E-state index is 13.3. The lowest BCUT2D eigenvalue weighted by molar-refractivity contribution is -0.139. The highest BCUT2D eigenvalue weighted by Crippen LogP contribution is 2.38. The minimum Gasteiger partial charge on any atom is -0.495 e. The van der Waals surface area contributed by atoms with Crippen molar-refractivity contribution in [2.24, 2.45) is 0 Å². The molecule has 5 nitrogen and oxygen atoms in total. The second-order valence-electron chi connectivity index (χ2n) is 5.64. The van der Waals surface area contributed by atoms with E-state index in [4.69, 9.17) is 9.47 Å². The Bertz CT molecular complexity index is 738. The third kappa shape index (κ3) is 4.36. The Balaban J connectivity index is 2.52. The van der Waals surface area contributed by atoms with Crippen molar-refractivity contribution in [1.29, 1.82) is 0 Å². The van der Waals surface area contributed by atoms with Crippen LogP contribution in [0, 0.1) is 0 Å². The average Bonchev–Trinajstić information content (AvgIpc) is 2.62. The van der Waals surface area contributed by atoms with Crippen LogP contribution < -0.4 is 14.4 Å². The Labute approximate surface area is 150 Å². The van der Waals surface area contributed by atoms with Crippen LogP contribution in [-0.2, 0) is 6.18 Å². The minimum absolute atomic E-state index is 0.114. The van der Waals surface area contributed by atoms with E-state index in [2.05, 4.69) is 9.97 Å². The molecule has 0 saturated heterocycles. The molecule has 0 spiro atoms. The summed E-state index contributed by atoms with van der Waals surface area (Å²) in [5, 5.41) is 0. The van der Waals surface area contributed by atoms with E-state index >= 15 is 0 Å². The normalized spacial score (nSPS) is 12.6. The number of ether oxygens (including phenoxy) is 2. The molecule has 26 heavy (non-hydrogen) atoms. The summed E-state index contributed by atoms with van der Waals surface area (Å²) in [6.45, 7) is 5.81. The summed E-state index contributed by atoms with van der Waals surface area (Å²) in [4.78, 5) is 9.66. The lowest BCUT2D eigenvalue weighted by atomic mass is 10.2. The molecule has 1 aromatic heterocycles. The lowest BCUT2D eigenvalue weighted by Crippen LogP contribution is -2.22. The molecule has 2 rings (SSSR count). The first-order valence-electron chi connectivity index (χ1n) is 8.33. The van der Waals surface area contributed by atoms with Gasteiger partial charge in [-0.05, 0) is 32.4 Å². The fourth-order valence-corrected chi connectivity index (χ4v) is 2.32. The molecule has 0 fully saturated rings. The molecule has 1 unspecified atom stereocenters. The van der Waals surface area contributed by atoms with Crippen LogP contribution in [0.15, 0.2) is 30.5 Å². The van der Waals surface area contributed by atoms with Crippen molar-refractivity contribution in [1.82, 2.24) is 9.97 Å². The van der Waals surface area contributed by atoms with Crippen LogP contribution in [-0.4, -0.2) is 29.7 Å². The van der Waals surface area contributed by atoms with Crippen molar-refractivity contribution in [3.05, 3.63) is 36.0 Å². The molecular formula is C18H22F3N3O2. The Morgan fingerprint density at radius 1 is 1.19 bits per heavy atom. The van der Waals surface area contributed by atoms with E-state index in [1.165, 1.54) is 7.11 Å². The Hall–Kier alpha value is -2.51. The highest BCUT2D eigenvalue weighted by molar-refractivity contribution is 5.65. The molecule has 8 heteroatoms. The minimum atomic E-state index is -4.59.